The molecule has 2 rings (SSSR count). The fourth-order valence-electron chi connectivity index (χ4n) is 2.02. The molecule has 1 unspecified atom stereocenters. The molecule has 1 heterocycles. The van der Waals surface area contributed by atoms with E-state index in [9.17, 15) is 0 Å². The van der Waals surface area contributed by atoms with Crippen LogP contribution in [-0.2, 0) is 6.54 Å². The van der Waals surface area contributed by atoms with Crippen molar-refractivity contribution in [3.05, 3.63) is 44.6 Å². The Balaban J connectivity index is 2.49. The van der Waals surface area contributed by atoms with Crippen LogP contribution < -0.4 is 10.5 Å². The summed E-state index contributed by atoms with van der Waals surface area (Å²) >= 11 is 6.93. The van der Waals surface area contributed by atoms with E-state index in [1.54, 1.807) is 13.3 Å². The average Bonchev–Trinajstić information content (AvgIpc) is 2.78. The molecule has 1 aromatic heterocycles. The molecule has 2 aromatic rings. The Hall–Kier alpha value is -0.850. The summed E-state index contributed by atoms with van der Waals surface area (Å²) in [5, 5.41) is 4.29. The van der Waals surface area contributed by atoms with Crippen LogP contribution in [0.3, 0.4) is 0 Å². The van der Waals surface area contributed by atoms with Crippen molar-refractivity contribution in [1.29, 1.82) is 0 Å². The van der Waals surface area contributed by atoms with E-state index in [0.29, 0.717) is 0 Å². The number of rotatable bonds is 4. The lowest BCUT2D eigenvalue weighted by atomic mass is 10.0. The highest BCUT2D eigenvalue weighted by molar-refractivity contribution is 9.10. The van der Waals surface area contributed by atoms with E-state index in [1.807, 2.05) is 29.8 Å². The average molecular weight is 389 g/mol. The molecule has 19 heavy (non-hydrogen) atoms. The van der Waals surface area contributed by atoms with Gasteiger partial charge in [-0.1, -0.05) is 22.0 Å². The molecule has 1 aromatic carbocycles. The second-order valence-corrected chi connectivity index (χ2v) is 5.83. The number of hydrogen-bond acceptors (Lipinski definition) is 3. The number of nitrogens with zero attached hydrogens (tertiary/aromatic N) is 2. The summed E-state index contributed by atoms with van der Waals surface area (Å²) in [4.78, 5) is 0. The number of aryl methyl sites for hydroxylation is 1. The van der Waals surface area contributed by atoms with Crippen molar-refractivity contribution in [2.45, 2.75) is 19.5 Å². The first-order chi connectivity index (χ1) is 9.08. The number of hydrogen-bond donors (Lipinski definition) is 1. The number of aromatic nitrogens is 2. The number of benzene rings is 1. The van der Waals surface area contributed by atoms with Gasteiger partial charge in [-0.15, -0.1) is 0 Å². The fraction of sp³-hybridized carbons (Fsp3) is 0.308. The first kappa shape index (κ1) is 14.6. The maximum absolute atomic E-state index is 6.38. The van der Waals surface area contributed by atoms with E-state index in [4.69, 9.17) is 10.5 Å². The molecular formula is C13H15Br2N3O. The predicted octanol–water partition coefficient (Wildman–Crippen LogP) is 3.48. The maximum atomic E-state index is 6.38. The summed E-state index contributed by atoms with van der Waals surface area (Å²) in [5.74, 6) is 0.762. The van der Waals surface area contributed by atoms with Crippen molar-refractivity contribution in [3.8, 4) is 5.75 Å². The third kappa shape index (κ3) is 2.85. The Kier molecular flexibility index (Phi) is 4.65. The molecule has 6 heteroatoms. The molecule has 0 radical (unpaired) electrons. The van der Waals surface area contributed by atoms with Crippen LogP contribution >= 0.6 is 31.9 Å². The summed E-state index contributed by atoms with van der Waals surface area (Å²) in [6.07, 6.45) is 1.77. The monoisotopic (exact) mass is 387 g/mol. The van der Waals surface area contributed by atoms with Crippen LogP contribution in [0, 0.1) is 0 Å². The van der Waals surface area contributed by atoms with E-state index >= 15 is 0 Å². The summed E-state index contributed by atoms with van der Waals surface area (Å²) < 4.78 is 9.16. The Morgan fingerprint density at radius 3 is 2.79 bits per heavy atom. The first-order valence-electron chi connectivity index (χ1n) is 5.88. The van der Waals surface area contributed by atoms with Gasteiger partial charge in [-0.25, -0.2) is 0 Å². The summed E-state index contributed by atoms with van der Waals surface area (Å²) in [5.41, 5.74) is 8.26. The predicted molar refractivity (Wildman–Crippen MR) is 82.3 cm³/mol. The second-order valence-electron chi connectivity index (χ2n) is 4.06. The van der Waals surface area contributed by atoms with E-state index in [1.165, 1.54) is 0 Å². The molecule has 0 amide bonds. The summed E-state index contributed by atoms with van der Waals surface area (Å²) in [6, 6.07) is 5.54. The molecule has 0 saturated carbocycles. The molecule has 4 nitrogen and oxygen atoms in total. The van der Waals surface area contributed by atoms with Gasteiger partial charge < -0.3 is 10.5 Å². The molecule has 0 aliphatic heterocycles. The summed E-state index contributed by atoms with van der Waals surface area (Å²) in [7, 11) is 1.64. The zero-order valence-corrected chi connectivity index (χ0v) is 13.9. The van der Waals surface area contributed by atoms with Crippen molar-refractivity contribution in [2.75, 3.05) is 7.11 Å². The normalized spacial score (nSPS) is 12.5. The molecule has 0 bridgehead atoms. The van der Waals surface area contributed by atoms with Crippen molar-refractivity contribution < 1.29 is 4.74 Å². The standard InChI is InChI=1S/C13H15Br2N3O/c1-3-18-13(10(15)7-17-18)12(16)9-5-4-8(14)6-11(9)19-2/h4-7,12H,3,16H2,1-2H3. The molecule has 0 aliphatic rings. The van der Waals surface area contributed by atoms with E-state index in [2.05, 4.69) is 37.0 Å². The Bertz CT molecular complexity index is 583. The van der Waals surface area contributed by atoms with Crippen LogP contribution in [-0.4, -0.2) is 16.9 Å². The van der Waals surface area contributed by atoms with Gasteiger partial charge in [0.15, 0.2) is 0 Å². The van der Waals surface area contributed by atoms with Gasteiger partial charge in [0.05, 0.1) is 29.5 Å². The van der Waals surface area contributed by atoms with Crippen molar-refractivity contribution in [1.82, 2.24) is 9.78 Å². The van der Waals surface area contributed by atoms with Gasteiger partial charge in [0.25, 0.3) is 0 Å². The van der Waals surface area contributed by atoms with Gasteiger partial charge in [-0.05, 0) is 35.0 Å². The van der Waals surface area contributed by atoms with Gasteiger partial charge in [0, 0.05) is 16.6 Å². The lowest BCUT2D eigenvalue weighted by molar-refractivity contribution is 0.406. The molecule has 0 saturated heterocycles. The van der Waals surface area contributed by atoms with Crippen LogP contribution in [0.4, 0.5) is 0 Å². The minimum atomic E-state index is -0.292. The van der Waals surface area contributed by atoms with Crippen LogP contribution in [0.2, 0.25) is 0 Å². The topological polar surface area (TPSA) is 53.1 Å². The van der Waals surface area contributed by atoms with Crippen molar-refractivity contribution in [2.24, 2.45) is 5.73 Å². The molecule has 102 valence electrons. The Labute approximate surface area is 129 Å². The number of halogens is 2. The zero-order chi connectivity index (χ0) is 14.0. The lowest BCUT2D eigenvalue weighted by Gasteiger charge is -2.17. The highest BCUT2D eigenvalue weighted by Gasteiger charge is 2.20. The maximum Gasteiger partial charge on any atom is 0.125 e. The van der Waals surface area contributed by atoms with E-state index in [-0.39, 0.29) is 6.04 Å². The molecule has 0 fully saturated rings. The van der Waals surface area contributed by atoms with Crippen molar-refractivity contribution >= 4 is 31.9 Å². The van der Waals surface area contributed by atoms with Crippen molar-refractivity contribution in [3.63, 3.8) is 0 Å². The SMILES string of the molecule is CCn1ncc(Br)c1C(N)c1ccc(Br)cc1OC. The lowest BCUT2D eigenvalue weighted by Crippen LogP contribution is -2.18. The number of ether oxygens (including phenoxy) is 1. The number of nitrogens with two attached hydrogens (primary N) is 1. The van der Waals surface area contributed by atoms with E-state index in [0.717, 1.165) is 32.5 Å². The molecular weight excluding hydrogens is 374 g/mol. The molecule has 2 N–H and O–H groups in total. The van der Waals surface area contributed by atoms with Crippen LogP contribution in [0.25, 0.3) is 0 Å². The first-order valence-corrected chi connectivity index (χ1v) is 7.47. The van der Waals surface area contributed by atoms with Crippen LogP contribution in [0.15, 0.2) is 33.3 Å². The third-order valence-corrected chi connectivity index (χ3v) is 4.06. The van der Waals surface area contributed by atoms with Gasteiger partial charge in [-0.2, -0.15) is 5.10 Å². The van der Waals surface area contributed by atoms with E-state index < -0.39 is 0 Å². The molecule has 0 spiro atoms. The minimum Gasteiger partial charge on any atom is -0.496 e. The van der Waals surface area contributed by atoms with Gasteiger partial charge in [0.2, 0.25) is 0 Å². The highest BCUT2D eigenvalue weighted by atomic mass is 79.9. The molecule has 0 aliphatic carbocycles. The van der Waals surface area contributed by atoms with Gasteiger partial charge in [0.1, 0.15) is 5.75 Å². The smallest absolute Gasteiger partial charge is 0.125 e. The third-order valence-electron chi connectivity index (χ3n) is 2.96. The Morgan fingerprint density at radius 1 is 1.42 bits per heavy atom. The quantitative estimate of drug-likeness (QED) is 0.872. The van der Waals surface area contributed by atoms with Crippen LogP contribution in [0.5, 0.6) is 5.75 Å². The molecule has 1 atom stereocenters. The highest BCUT2D eigenvalue weighted by Crippen LogP contribution is 2.33. The fourth-order valence-corrected chi connectivity index (χ4v) is 2.91. The second kappa shape index (κ2) is 6.07. The van der Waals surface area contributed by atoms with Gasteiger partial charge >= 0.3 is 0 Å². The Morgan fingerprint density at radius 2 is 2.16 bits per heavy atom. The summed E-state index contributed by atoms with van der Waals surface area (Å²) in [6.45, 7) is 2.81. The van der Waals surface area contributed by atoms with Gasteiger partial charge in [-0.3, -0.25) is 4.68 Å². The van der Waals surface area contributed by atoms with Crippen LogP contribution in [0.1, 0.15) is 24.2 Å². The minimum absolute atomic E-state index is 0.292. The zero-order valence-electron chi connectivity index (χ0n) is 10.7. The number of methoxy groups -OCH3 is 1. The largest absolute Gasteiger partial charge is 0.496 e.